The number of nitrogens with zero attached hydrogens (tertiary/aromatic N) is 1. The van der Waals surface area contributed by atoms with Gasteiger partial charge in [-0.3, -0.25) is 9.59 Å². The van der Waals surface area contributed by atoms with Crippen molar-refractivity contribution in [2.45, 2.75) is 39.7 Å². The highest BCUT2D eigenvalue weighted by atomic mass is 16.5. The molecule has 0 fully saturated rings. The number of carbonyl (C=O) groups is 2. The van der Waals surface area contributed by atoms with Crippen molar-refractivity contribution >= 4 is 11.9 Å². The molecule has 0 saturated heterocycles. The molecule has 0 spiro atoms. The number of aromatic nitrogens is 1. The molecule has 134 valence electrons. The summed E-state index contributed by atoms with van der Waals surface area (Å²) in [5, 5.41) is 0. The second-order valence-electron chi connectivity index (χ2n) is 5.69. The molecule has 0 radical (unpaired) electrons. The summed E-state index contributed by atoms with van der Waals surface area (Å²) in [7, 11) is 0. The third kappa shape index (κ3) is 5.78. The van der Waals surface area contributed by atoms with Gasteiger partial charge in [-0.15, -0.1) is 0 Å². The van der Waals surface area contributed by atoms with Gasteiger partial charge in [0, 0.05) is 11.9 Å². The van der Waals surface area contributed by atoms with Crippen LogP contribution in [0, 0.1) is 0 Å². The van der Waals surface area contributed by atoms with Crippen LogP contribution in [0.15, 0.2) is 42.6 Å². The molecule has 0 atom stereocenters. The molecule has 5 nitrogen and oxygen atoms in total. The predicted octanol–water partition coefficient (Wildman–Crippen LogP) is 3.14. The van der Waals surface area contributed by atoms with Crippen molar-refractivity contribution in [1.29, 1.82) is 0 Å². The van der Waals surface area contributed by atoms with Crippen molar-refractivity contribution in [1.82, 2.24) is 4.57 Å². The Labute approximate surface area is 148 Å². The van der Waals surface area contributed by atoms with Crippen LogP contribution in [-0.2, 0) is 38.4 Å². The van der Waals surface area contributed by atoms with Crippen molar-refractivity contribution < 1.29 is 19.1 Å². The quantitative estimate of drug-likeness (QED) is 0.656. The van der Waals surface area contributed by atoms with E-state index in [0.29, 0.717) is 26.1 Å². The van der Waals surface area contributed by atoms with Gasteiger partial charge in [-0.1, -0.05) is 30.3 Å². The van der Waals surface area contributed by atoms with E-state index in [-0.39, 0.29) is 18.5 Å². The van der Waals surface area contributed by atoms with Gasteiger partial charge >= 0.3 is 11.9 Å². The summed E-state index contributed by atoms with van der Waals surface area (Å²) in [5.74, 6) is -0.501. The summed E-state index contributed by atoms with van der Waals surface area (Å²) in [5.41, 5.74) is 3.28. The smallest absolute Gasteiger partial charge is 0.325 e. The molecule has 5 heteroatoms. The maximum atomic E-state index is 11.8. The molecule has 0 unspecified atom stereocenters. The maximum absolute atomic E-state index is 11.8. The first kappa shape index (κ1) is 18.8. The molecule has 2 aromatic rings. The highest BCUT2D eigenvalue weighted by Gasteiger charge is 2.15. The Morgan fingerprint density at radius 1 is 0.960 bits per heavy atom. The van der Waals surface area contributed by atoms with Crippen LogP contribution in [0.3, 0.4) is 0 Å². The van der Waals surface area contributed by atoms with Gasteiger partial charge in [0.1, 0.15) is 6.54 Å². The standard InChI is InChI=1S/C20H25NO4/c1-3-24-19(22)11-10-18-17(14-16-8-6-5-7-9-16)12-13-21(18)15-20(23)25-4-2/h5-9,12-13H,3-4,10-11,14-15H2,1-2H3. The number of benzene rings is 1. The third-order valence-electron chi connectivity index (χ3n) is 3.89. The van der Waals surface area contributed by atoms with Gasteiger partial charge in [0.15, 0.2) is 0 Å². The molecule has 0 N–H and O–H groups in total. The first-order valence-corrected chi connectivity index (χ1v) is 8.66. The zero-order valence-corrected chi connectivity index (χ0v) is 14.9. The highest BCUT2D eigenvalue weighted by Crippen LogP contribution is 2.18. The second-order valence-corrected chi connectivity index (χ2v) is 5.69. The van der Waals surface area contributed by atoms with Crippen LogP contribution in [0.2, 0.25) is 0 Å². The molecule has 2 rings (SSSR count). The van der Waals surface area contributed by atoms with E-state index < -0.39 is 0 Å². The van der Waals surface area contributed by atoms with Crippen LogP contribution in [-0.4, -0.2) is 29.7 Å². The molecule has 25 heavy (non-hydrogen) atoms. The van der Waals surface area contributed by atoms with E-state index in [1.807, 2.05) is 35.0 Å². The van der Waals surface area contributed by atoms with Crippen LogP contribution in [0.5, 0.6) is 0 Å². The van der Waals surface area contributed by atoms with Gasteiger partial charge in [0.2, 0.25) is 0 Å². The zero-order valence-electron chi connectivity index (χ0n) is 14.9. The number of rotatable bonds is 9. The molecule has 0 amide bonds. The lowest BCUT2D eigenvalue weighted by Crippen LogP contribution is -2.16. The predicted molar refractivity (Wildman–Crippen MR) is 95.3 cm³/mol. The molecule has 0 bridgehead atoms. The molecule has 0 aliphatic rings. The zero-order chi connectivity index (χ0) is 18.1. The molecule has 0 aliphatic heterocycles. The van der Waals surface area contributed by atoms with Crippen LogP contribution in [0.25, 0.3) is 0 Å². The van der Waals surface area contributed by atoms with E-state index in [1.165, 1.54) is 5.56 Å². The van der Waals surface area contributed by atoms with Gasteiger partial charge in [0.05, 0.1) is 19.6 Å². The molecular formula is C20H25NO4. The van der Waals surface area contributed by atoms with Crippen molar-refractivity contribution in [3.63, 3.8) is 0 Å². The molecular weight excluding hydrogens is 318 g/mol. The molecule has 1 aromatic carbocycles. The summed E-state index contributed by atoms with van der Waals surface area (Å²) >= 11 is 0. The molecule has 1 aromatic heterocycles. The topological polar surface area (TPSA) is 57.5 Å². The lowest BCUT2D eigenvalue weighted by atomic mass is 10.0. The Hall–Kier alpha value is -2.56. The third-order valence-corrected chi connectivity index (χ3v) is 3.89. The fourth-order valence-electron chi connectivity index (χ4n) is 2.78. The monoisotopic (exact) mass is 343 g/mol. The Bertz CT molecular complexity index is 691. The van der Waals surface area contributed by atoms with E-state index >= 15 is 0 Å². The molecule has 0 aliphatic carbocycles. The lowest BCUT2D eigenvalue weighted by Gasteiger charge is -2.11. The number of hydrogen-bond acceptors (Lipinski definition) is 4. The fourth-order valence-corrected chi connectivity index (χ4v) is 2.78. The van der Waals surface area contributed by atoms with Crippen molar-refractivity contribution in [2.75, 3.05) is 13.2 Å². The van der Waals surface area contributed by atoms with Crippen LogP contribution < -0.4 is 0 Å². The van der Waals surface area contributed by atoms with E-state index in [1.54, 1.807) is 13.8 Å². The Balaban J connectivity index is 2.17. The first-order chi connectivity index (χ1) is 12.1. The fraction of sp³-hybridized carbons (Fsp3) is 0.400. The van der Waals surface area contributed by atoms with Crippen molar-refractivity contribution in [2.24, 2.45) is 0 Å². The Morgan fingerprint density at radius 2 is 1.64 bits per heavy atom. The number of ether oxygens (including phenoxy) is 2. The van der Waals surface area contributed by atoms with E-state index in [2.05, 4.69) is 12.1 Å². The summed E-state index contributed by atoms with van der Waals surface area (Å²) < 4.78 is 11.9. The first-order valence-electron chi connectivity index (χ1n) is 8.66. The summed E-state index contributed by atoms with van der Waals surface area (Å²) in [6.07, 6.45) is 3.47. The van der Waals surface area contributed by atoms with Gasteiger partial charge in [-0.2, -0.15) is 0 Å². The second kappa shape index (κ2) is 9.67. The minimum atomic E-state index is -0.276. The summed E-state index contributed by atoms with van der Waals surface area (Å²) in [6, 6.07) is 12.1. The Morgan fingerprint density at radius 3 is 2.32 bits per heavy atom. The van der Waals surface area contributed by atoms with Gasteiger partial charge in [-0.25, -0.2) is 0 Å². The minimum Gasteiger partial charge on any atom is -0.466 e. The number of esters is 2. The van der Waals surface area contributed by atoms with E-state index in [0.717, 1.165) is 17.7 Å². The van der Waals surface area contributed by atoms with Gasteiger partial charge < -0.3 is 14.0 Å². The SMILES string of the molecule is CCOC(=O)CCc1c(Cc2ccccc2)ccn1CC(=O)OCC. The van der Waals surface area contributed by atoms with Crippen molar-refractivity contribution in [3.8, 4) is 0 Å². The lowest BCUT2D eigenvalue weighted by molar-refractivity contribution is -0.144. The average molecular weight is 343 g/mol. The van der Waals surface area contributed by atoms with Gasteiger partial charge in [-0.05, 0) is 43.9 Å². The van der Waals surface area contributed by atoms with Crippen molar-refractivity contribution in [3.05, 3.63) is 59.4 Å². The normalized spacial score (nSPS) is 10.5. The van der Waals surface area contributed by atoms with Crippen LogP contribution >= 0.6 is 0 Å². The summed E-state index contributed by atoms with van der Waals surface area (Å²) in [6.45, 7) is 4.47. The number of hydrogen-bond donors (Lipinski definition) is 0. The highest BCUT2D eigenvalue weighted by molar-refractivity contribution is 5.70. The Kier molecular flexibility index (Phi) is 7.26. The molecule has 1 heterocycles. The van der Waals surface area contributed by atoms with E-state index in [9.17, 15) is 9.59 Å². The van der Waals surface area contributed by atoms with Crippen LogP contribution in [0.4, 0.5) is 0 Å². The summed E-state index contributed by atoms with van der Waals surface area (Å²) in [4.78, 5) is 23.6. The average Bonchev–Trinajstić information content (AvgIpc) is 2.96. The minimum absolute atomic E-state index is 0.154. The van der Waals surface area contributed by atoms with Gasteiger partial charge in [0.25, 0.3) is 0 Å². The maximum Gasteiger partial charge on any atom is 0.325 e. The van der Waals surface area contributed by atoms with Crippen LogP contribution in [0.1, 0.15) is 37.1 Å². The number of carbonyl (C=O) groups excluding carboxylic acids is 2. The molecule has 0 saturated carbocycles. The largest absolute Gasteiger partial charge is 0.466 e. The van der Waals surface area contributed by atoms with E-state index in [4.69, 9.17) is 9.47 Å².